The van der Waals surface area contributed by atoms with Crippen LogP contribution in [-0.4, -0.2) is 16.0 Å². The first-order valence-electron chi connectivity index (χ1n) is 3.81. The summed E-state index contributed by atoms with van der Waals surface area (Å²) in [6, 6.07) is 10.0. The molecule has 13 heavy (non-hydrogen) atoms. The van der Waals surface area contributed by atoms with Gasteiger partial charge in [-0.2, -0.15) is 0 Å². The zero-order valence-electron chi connectivity index (χ0n) is 6.93. The smallest absolute Gasteiger partial charge is 0.246 e. The number of rotatable bonds is 1. The molecule has 0 amide bonds. The van der Waals surface area contributed by atoms with Crippen LogP contribution in [0.2, 0.25) is 0 Å². The third-order valence-corrected chi connectivity index (χ3v) is 2.55. The summed E-state index contributed by atoms with van der Waals surface area (Å²) in [7, 11) is 0. The molecule has 0 saturated carbocycles. The summed E-state index contributed by atoms with van der Waals surface area (Å²) in [5.41, 5.74) is 6.78. The van der Waals surface area contributed by atoms with E-state index in [1.54, 1.807) is 11.9 Å². The van der Waals surface area contributed by atoms with E-state index in [0.29, 0.717) is 6.54 Å². The van der Waals surface area contributed by atoms with Crippen LogP contribution in [0.15, 0.2) is 35.4 Å². The Hall–Kier alpha value is -0.390. The van der Waals surface area contributed by atoms with Crippen LogP contribution in [0.3, 0.4) is 0 Å². The number of azo groups is 1. The SMILES string of the molecule is NC1CN=[N+](c2ccccc2)S1.[Br-]. The standard InChI is InChI=1S/C8H10N3S.BrH/c9-8-6-10-11(12-8)7-4-2-1-3-5-7;/h1-5,8H,6,9H2;1H/q+1;/p-1. The van der Waals surface area contributed by atoms with E-state index < -0.39 is 0 Å². The summed E-state index contributed by atoms with van der Waals surface area (Å²) in [4.78, 5) is 0. The van der Waals surface area contributed by atoms with Crippen LogP contribution in [0.4, 0.5) is 5.69 Å². The van der Waals surface area contributed by atoms with Crippen molar-refractivity contribution in [3.63, 3.8) is 0 Å². The third-order valence-electron chi connectivity index (χ3n) is 1.60. The molecule has 1 aromatic rings. The molecular formula is C8H10BrN3S. The van der Waals surface area contributed by atoms with E-state index in [4.69, 9.17) is 5.73 Å². The highest BCUT2D eigenvalue weighted by molar-refractivity contribution is 7.94. The number of nitrogens with two attached hydrogens (primary N) is 1. The fraction of sp³-hybridized carbons (Fsp3) is 0.250. The minimum Gasteiger partial charge on any atom is -1.00 e. The largest absolute Gasteiger partial charge is 1.00 e. The highest BCUT2D eigenvalue weighted by atomic mass is 79.9. The highest BCUT2D eigenvalue weighted by Gasteiger charge is 2.26. The molecule has 1 heterocycles. The molecule has 0 spiro atoms. The van der Waals surface area contributed by atoms with E-state index in [1.807, 2.05) is 34.4 Å². The van der Waals surface area contributed by atoms with E-state index in [0.717, 1.165) is 5.69 Å². The Morgan fingerprint density at radius 2 is 2.08 bits per heavy atom. The number of para-hydroxylation sites is 1. The summed E-state index contributed by atoms with van der Waals surface area (Å²) in [5.74, 6) is 0. The number of benzene rings is 1. The second-order valence-electron chi connectivity index (χ2n) is 2.58. The predicted octanol–water partition coefficient (Wildman–Crippen LogP) is -1.27. The quantitative estimate of drug-likeness (QED) is 0.505. The molecule has 1 unspecified atom stereocenters. The van der Waals surface area contributed by atoms with Crippen LogP contribution in [0.1, 0.15) is 0 Å². The molecule has 70 valence electrons. The van der Waals surface area contributed by atoms with Crippen LogP contribution in [0.25, 0.3) is 0 Å². The van der Waals surface area contributed by atoms with Crippen molar-refractivity contribution in [2.45, 2.75) is 5.37 Å². The minimum absolute atomic E-state index is 0. The van der Waals surface area contributed by atoms with Gasteiger partial charge in [-0.05, 0) is 9.22 Å². The summed E-state index contributed by atoms with van der Waals surface area (Å²) < 4.78 is 1.88. The molecule has 0 saturated heterocycles. The lowest BCUT2D eigenvalue weighted by Crippen LogP contribution is -3.00. The third kappa shape index (κ3) is 2.52. The Morgan fingerprint density at radius 3 is 2.62 bits per heavy atom. The van der Waals surface area contributed by atoms with Crippen molar-refractivity contribution in [3.8, 4) is 0 Å². The van der Waals surface area contributed by atoms with Gasteiger partial charge >= 0.3 is 0 Å². The average molecular weight is 260 g/mol. The van der Waals surface area contributed by atoms with E-state index in [1.165, 1.54) is 0 Å². The molecule has 2 N–H and O–H groups in total. The van der Waals surface area contributed by atoms with Crippen LogP contribution in [0, 0.1) is 0 Å². The van der Waals surface area contributed by atoms with Crippen LogP contribution >= 0.6 is 11.9 Å². The van der Waals surface area contributed by atoms with Gasteiger partial charge in [0.1, 0.15) is 11.9 Å². The van der Waals surface area contributed by atoms with E-state index >= 15 is 0 Å². The maximum absolute atomic E-state index is 5.69. The van der Waals surface area contributed by atoms with Crippen molar-refractivity contribution < 1.29 is 21.1 Å². The lowest BCUT2D eigenvalue weighted by molar-refractivity contribution is -0.322. The van der Waals surface area contributed by atoms with E-state index in [2.05, 4.69) is 5.11 Å². The fourth-order valence-corrected chi connectivity index (χ4v) is 1.81. The predicted molar refractivity (Wildman–Crippen MR) is 49.2 cm³/mol. The summed E-state index contributed by atoms with van der Waals surface area (Å²) >= 11 is 1.56. The van der Waals surface area contributed by atoms with Gasteiger partial charge in [0.05, 0.1) is 0 Å². The first-order chi connectivity index (χ1) is 5.86. The zero-order valence-corrected chi connectivity index (χ0v) is 9.33. The van der Waals surface area contributed by atoms with Crippen LogP contribution in [0.5, 0.6) is 0 Å². The molecule has 1 aromatic carbocycles. The van der Waals surface area contributed by atoms with Gasteiger partial charge in [-0.25, -0.2) is 0 Å². The first-order valence-corrected chi connectivity index (χ1v) is 4.65. The van der Waals surface area contributed by atoms with Crippen molar-refractivity contribution in [1.29, 1.82) is 0 Å². The molecule has 5 heteroatoms. The molecule has 0 radical (unpaired) electrons. The topological polar surface area (TPSA) is 41.4 Å². The first kappa shape index (κ1) is 10.7. The molecule has 0 fully saturated rings. The maximum Gasteiger partial charge on any atom is 0.246 e. The molecular weight excluding hydrogens is 250 g/mol. The molecule has 3 nitrogen and oxygen atoms in total. The summed E-state index contributed by atoms with van der Waals surface area (Å²) in [6.07, 6.45) is 0. The van der Waals surface area contributed by atoms with Crippen LogP contribution < -0.4 is 22.7 Å². The second kappa shape index (κ2) is 4.74. The average Bonchev–Trinajstić information content (AvgIpc) is 2.54. The number of nitrogens with zero attached hydrogens (tertiary/aromatic N) is 2. The Bertz CT molecular complexity index is 302. The van der Waals surface area contributed by atoms with Gasteiger partial charge in [-0.1, -0.05) is 18.2 Å². The molecule has 0 bridgehead atoms. The molecule has 1 aliphatic rings. The van der Waals surface area contributed by atoms with Crippen molar-refractivity contribution in [2.75, 3.05) is 6.54 Å². The van der Waals surface area contributed by atoms with Crippen molar-refractivity contribution in [3.05, 3.63) is 30.3 Å². The molecule has 0 aliphatic carbocycles. The summed E-state index contributed by atoms with van der Waals surface area (Å²) in [6.45, 7) is 0.708. The maximum atomic E-state index is 5.69. The fourth-order valence-electron chi connectivity index (χ4n) is 1.05. The van der Waals surface area contributed by atoms with Gasteiger partial charge in [0, 0.05) is 12.1 Å². The number of hydrogen-bond donors (Lipinski definition) is 1. The van der Waals surface area contributed by atoms with E-state index in [-0.39, 0.29) is 22.4 Å². The van der Waals surface area contributed by atoms with Gasteiger partial charge in [-0.3, -0.25) is 0 Å². The van der Waals surface area contributed by atoms with Crippen molar-refractivity contribution in [2.24, 2.45) is 10.8 Å². The summed E-state index contributed by atoms with van der Waals surface area (Å²) in [5, 5.41) is 4.37. The van der Waals surface area contributed by atoms with Crippen molar-refractivity contribution >= 4 is 17.6 Å². The lowest BCUT2D eigenvalue weighted by Gasteiger charge is -1.90. The Labute approximate surface area is 91.9 Å². The molecule has 0 aromatic heterocycles. The Kier molecular flexibility index (Phi) is 3.90. The molecule has 1 aliphatic heterocycles. The van der Waals surface area contributed by atoms with Gasteiger partial charge in [0.2, 0.25) is 17.6 Å². The highest BCUT2D eigenvalue weighted by Crippen LogP contribution is 2.25. The van der Waals surface area contributed by atoms with Crippen molar-refractivity contribution in [1.82, 2.24) is 0 Å². The lowest BCUT2D eigenvalue weighted by atomic mass is 10.3. The van der Waals surface area contributed by atoms with Gasteiger partial charge < -0.3 is 22.7 Å². The van der Waals surface area contributed by atoms with Gasteiger partial charge in [0.15, 0.2) is 0 Å². The zero-order chi connectivity index (χ0) is 8.39. The Balaban J connectivity index is 0.000000845. The minimum atomic E-state index is 0. The normalized spacial score (nSPS) is 20.7. The Morgan fingerprint density at radius 1 is 1.38 bits per heavy atom. The van der Waals surface area contributed by atoms with Gasteiger partial charge in [-0.15, -0.1) is 0 Å². The number of halogens is 1. The number of hydrogen-bond acceptors (Lipinski definition) is 3. The molecule has 2 rings (SSSR count). The van der Waals surface area contributed by atoms with Gasteiger partial charge in [0.25, 0.3) is 0 Å². The monoisotopic (exact) mass is 259 g/mol. The van der Waals surface area contributed by atoms with E-state index in [9.17, 15) is 0 Å². The van der Waals surface area contributed by atoms with Crippen LogP contribution in [-0.2, 0) is 0 Å². The molecule has 1 atom stereocenters. The second-order valence-corrected chi connectivity index (χ2v) is 3.74.